The topological polar surface area (TPSA) is 66.4 Å². The summed E-state index contributed by atoms with van der Waals surface area (Å²) in [6.45, 7) is 0. The highest BCUT2D eigenvalue weighted by atomic mass is 35.5. The normalized spacial score (nSPS) is 11.7. The zero-order valence-corrected chi connectivity index (χ0v) is 13.3. The van der Waals surface area contributed by atoms with E-state index in [2.05, 4.69) is 5.32 Å². The van der Waals surface area contributed by atoms with Crippen molar-refractivity contribution >= 4 is 23.5 Å². The van der Waals surface area contributed by atoms with E-state index in [-0.39, 0.29) is 18.7 Å². The van der Waals surface area contributed by atoms with Gasteiger partial charge in [-0.05, 0) is 29.7 Å². The second kappa shape index (κ2) is 8.34. The van der Waals surface area contributed by atoms with Gasteiger partial charge in [-0.15, -0.1) is 0 Å². The molecule has 1 atom stereocenters. The summed E-state index contributed by atoms with van der Waals surface area (Å²) in [6.07, 6.45) is 1.00. The fourth-order valence-electron chi connectivity index (χ4n) is 2.27. The van der Waals surface area contributed by atoms with Crippen molar-refractivity contribution in [2.24, 2.45) is 0 Å². The maximum Gasteiger partial charge on any atom is 0.326 e. The lowest BCUT2D eigenvalue weighted by Crippen LogP contribution is -2.42. The van der Waals surface area contributed by atoms with Crippen LogP contribution in [0, 0.1) is 0 Å². The number of aliphatic carboxylic acids is 1. The molecular formula is C18H18ClNO3. The summed E-state index contributed by atoms with van der Waals surface area (Å²) < 4.78 is 0. The number of hydrogen-bond acceptors (Lipinski definition) is 2. The first-order valence-electron chi connectivity index (χ1n) is 7.35. The molecule has 120 valence electrons. The lowest BCUT2D eigenvalue weighted by molar-refractivity contribution is -0.141. The van der Waals surface area contributed by atoms with Crippen LogP contribution < -0.4 is 5.32 Å². The monoisotopic (exact) mass is 331 g/mol. The largest absolute Gasteiger partial charge is 0.480 e. The first-order chi connectivity index (χ1) is 11.0. The molecule has 0 unspecified atom stereocenters. The molecule has 0 aliphatic heterocycles. The van der Waals surface area contributed by atoms with Crippen LogP contribution >= 0.6 is 11.6 Å². The third kappa shape index (κ3) is 5.75. The summed E-state index contributed by atoms with van der Waals surface area (Å²) >= 11 is 5.90. The highest BCUT2D eigenvalue weighted by Crippen LogP contribution is 2.12. The Labute approximate surface area is 140 Å². The number of nitrogens with one attached hydrogen (secondary N) is 1. The van der Waals surface area contributed by atoms with Gasteiger partial charge in [-0.1, -0.05) is 54.1 Å². The minimum atomic E-state index is -1.04. The predicted octanol–water partition coefficient (Wildman–Crippen LogP) is 3.08. The van der Waals surface area contributed by atoms with Crippen molar-refractivity contribution in [2.45, 2.75) is 25.3 Å². The third-order valence-corrected chi connectivity index (χ3v) is 3.68. The molecule has 0 aromatic heterocycles. The van der Waals surface area contributed by atoms with Crippen molar-refractivity contribution in [3.63, 3.8) is 0 Å². The molecule has 0 aliphatic carbocycles. The average molecular weight is 332 g/mol. The lowest BCUT2D eigenvalue weighted by atomic mass is 10.1. The smallest absolute Gasteiger partial charge is 0.326 e. The van der Waals surface area contributed by atoms with Crippen molar-refractivity contribution in [1.29, 1.82) is 0 Å². The molecule has 2 N–H and O–H groups in total. The van der Waals surface area contributed by atoms with Gasteiger partial charge in [0.15, 0.2) is 0 Å². The number of aryl methyl sites for hydroxylation is 1. The standard InChI is InChI=1S/C18H18ClNO3/c19-15-8-4-7-14(11-15)9-10-17(21)20-16(18(22)23)12-13-5-2-1-3-6-13/h1-8,11,16H,9-10,12H2,(H,20,21)(H,22,23)/t16-/m0/s1. The molecule has 0 bridgehead atoms. The summed E-state index contributed by atoms with van der Waals surface area (Å²) in [5.74, 6) is -1.32. The van der Waals surface area contributed by atoms with Gasteiger partial charge < -0.3 is 10.4 Å². The van der Waals surface area contributed by atoms with Gasteiger partial charge in [0.05, 0.1) is 0 Å². The van der Waals surface area contributed by atoms with Gasteiger partial charge in [0.2, 0.25) is 5.91 Å². The minimum Gasteiger partial charge on any atom is -0.480 e. The summed E-state index contributed by atoms with van der Waals surface area (Å²) in [7, 11) is 0. The molecule has 5 heteroatoms. The number of carboxylic acids is 1. The van der Waals surface area contributed by atoms with Gasteiger partial charge in [0.25, 0.3) is 0 Å². The molecule has 2 aromatic rings. The predicted molar refractivity (Wildman–Crippen MR) is 89.5 cm³/mol. The number of amides is 1. The van der Waals surface area contributed by atoms with Crippen molar-refractivity contribution < 1.29 is 14.7 Å². The number of carbonyl (C=O) groups is 2. The van der Waals surface area contributed by atoms with E-state index in [9.17, 15) is 14.7 Å². The van der Waals surface area contributed by atoms with E-state index in [1.165, 1.54) is 0 Å². The van der Waals surface area contributed by atoms with Gasteiger partial charge in [0.1, 0.15) is 6.04 Å². The summed E-state index contributed by atoms with van der Waals surface area (Å²) in [5, 5.41) is 12.5. The molecule has 2 rings (SSSR count). The summed E-state index contributed by atoms with van der Waals surface area (Å²) in [4.78, 5) is 23.3. The van der Waals surface area contributed by atoms with Crippen molar-refractivity contribution in [1.82, 2.24) is 5.32 Å². The summed E-state index contributed by atoms with van der Waals surface area (Å²) in [5.41, 5.74) is 1.82. The first-order valence-corrected chi connectivity index (χ1v) is 7.73. The molecule has 0 aliphatic rings. The Morgan fingerprint density at radius 1 is 1.04 bits per heavy atom. The highest BCUT2D eigenvalue weighted by Gasteiger charge is 2.20. The van der Waals surface area contributed by atoms with Crippen LogP contribution in [0.15, 0.2) is 54.6 Å². The Kier molecular flexibility index (Phi) is 6.18. The molecule has 1 amide bonds. The second-order valence-corrected chi connectivity index (χ2v) is 5.71. The van der Waals surface area contributed by atoms with Gasteiger partial charge in [-0.3, -0.25) is 4.79 Å². The van der Waals surface area contributed by atoms with Crippen LogP contribution in [0.4, 0.5) is 0 Å². The van der Waals surface area contributed by atoms with Crippen molar-refractivity contribution in [3.8, 4) is 0 Å². The maximum absolute atomic E-state index is 12.0. The molecule has 0 radical (unpaired) electrons. The average Bonchev–Trinajstić information content (AvgIpc) is 2.53. The van der Waals surface area contributed by atoms with Gasteiger partial charge in [0, 0.05) is 17.9 Å². The fraction of sp³-hybridized carbons (Fsp3) is 0.222. The first kappa shape index (κ1) is 17.0. The Bertz CT molecular complexity index is 673. The van der Waals surface area contributed by atoms with Crippen LogP contribution in [0.1, 0.15) is 17.5 Å². The number of hydrogen-bond donors (Lipinski definition) is 2. The number of carbonyl (C=O) groups excluding carboxylic acids is 1. The third-order valence-electron chi connectivity index (χ3n) is 3.45. The van der Waals surface area contributed by atoms with Crippen molar-refractivity contribution in [3.05, 3.63) is 70.7 Å². The SMILES string of the molecule is O=C(CCc1cccc(Cl)c1)N[C@@H](Cc1ccccc1)C(=O)O. The lowest BCUT2D eigenvalue weighted by Gasteiger charge is -2.14. The van der Waals surface area contributed by atoms with Crippen LogP contribution in [0.5, 0.6) is 0 Å². The molecule has 0 spiro atoms. The van der Waals surface area contributed by atoms with Crippen molar-refractivity contribution in [2.75, 3.05) is 0 Å². The molecule has 0 fully saturated rings. The quantitative estimate of drug-likeness (QED) is 0.819. The van der Waals surface area contributed by atoms with E-state index < -0.39 is 12.0 Å². The Hall–Kier alpha value is -2.33. The van der Waals surface area contributed by atoms with E-state index in [0.717, 1.165) is 11.1 Å². The maximum atomic E-state index is 12.0. The molecule has 0 saturated carbocycles. The van der Waals surface area contributed by atoms with Crippen LogP contribution in [0.25, 0.3) is 0 Å². The Balaban J connectivity index is 1.89. The molecular weight excluding hydrogens is 314 g/mol. The van der Waals surface area contributed by atoms with Crippen LogP contribution in [0.3, 0.4) is 0 Å². The van der Waals surface area contributed by atoms with Gasteiger partial charge in [-0.2, -0.15) is 0 Å². The number of benzene rings is 2. The van der Waals surface area contributed by atoms with E-state index in [1.807, 2.05) is 42.5 Å². The highest BCUT2D eigenvalue weighted by molar-refractivity contribution is 6.30. The second-order valence-electron chi connectivity index (χ2n) is 5.28. The van der Waals surface area contributed by atoms with E-state index in [0.29, 0.717) is 11.4 Å². The molecule has 4 nitrogen and oxygen atoms in total. The van der Waals surface area contributed by atoms with E-state index in [1.54, 1.807) is 12.1 Å². The summed E-state index contributed by atoms with van der Waals surface area (Å²) in [6, 6.07) is 15.6. The van der Waals surface area contributed by atoms with Crippen LogP contribution in [0.2, 0.25) is 5.02 Å². The van der Waals surface area contributed by atoms with Gasteiger partial charge in [-0.25, -0.2) is 4.79 Å². The number of halogens is 1. The zero-order chi connectivity index (χ0) is 16.7. The minimum absolute atomic E-state index is 0.221. The Morgan fingerprint density at radius 2 is 1.74 bits per heavy atom. The molecule has 2 aromatic carbocycles. The van der Waals surface area contributed by atoms with Crippen LogP contribution in [-0.2, 0) is 22.4 Å². The zero-order valence-electron chi connectivity index (χ0n) is 12.5. The van der Waals surface area contributed by atoms with Gasteiger partial charge >= 0.3 is 5.97 Å². The fourth-order valence-corrected chi connectivity index (χ4v) is 2.48. The number of rotatable bonds is 7. The van der Waals surface area contributed by atoms with E-state index >= 15 is 0 Å². The molecule has 0 heterocycles. The van der Waals surface area contributed by atoms with Crippen LogP contribution in [-0.4, -0.2) is 23.0 Å². The Morgan fingerprint density at radius 3 is 2.39 bits per heavy atom. The molecule has 23 heavy (non-hydrogen) atoms. The van der Waals surface area contributed by atoms with E-state index in [4.69, 9.17) is 11.6 Å². The molecule has 0 saturated heterocycles. The number of carboxylic acid groups (broad SMARTS) is 1.